The number of aromatic nitrogens is 3. The Bertz CT molecular complexity index is 3130. The van der Waals surface area contributed by atoms with Gasteiger partial charge in [0.05, 0.1) is 27.7 Å². The fraction of sp³-hybridized carbons (Fsp3) is 0.0196. The molecule has 4 nitrogen and oxygen atoms in total. The van der Waals surface area contributed by atoms with Crippen LogP contribution >= 0.6 is 0 Å². The Balaban J connectivity index is 1.09. The highest BCUT2D eigenvalue weighted by Crippen LogP contribution is 2.62. The first-order chi connectivity index (χ1) is 27.3. The van der Waals surface area contributed by atoms with Crippen LogP contribution in [0.5, 0.6) is 11.5 Å². The van der Waals surface area contributed by atoms with E-state index in [1.165, 1.54) is 33.0 Å². The van der Waals surface area contributed by atoms with Crippen molar-refractivity contribution in [3.8, 4) is 51.0 Å². The number of para-hydroxylation sites is 4. The summed E-state index contributed by atoms with van der Waals surface area (Å²) in [5, 5.41) is 3.49. The van der Waals surface area contributed by atoms with Crippen LogP contribution < -0.4 is 4.74 Å². The molecule has 0 atom stereocenters. The molecule has 0 radical (unpaired) electrons. The summed E-state index contributed by atoms with van der Waals surface area (Å²) in [6.07, 6.45) is 0. The SMILES string of the molecule is c1ccc(-c2nc(-c3ccc(-n4c5ccccc5c5cc6c(cc54)C4(c5ccccc5Oc5ccccc54)c4ccccc4-6)cc3)nc3ccccc23)cc1. The van der Waals surface area contributed by atoms with Crippen molar-refractivity contribution in [1.29, 1.82) is 0 Å². The van der Waals surface area contributed by atoms with E-state index in [9.17, 15) is 0 Å². The summed E-state index contributed by atoms with van der Waals surface area (Å²) in [7, 11) is 0. The number of hydrogen-bond donors (Lipinski definition) is 0. The maximum atomic E-state index is 6.61. The van der Waals surface area contributed by atoms with Gasteiger partial charge in [0.25, 0.3) is 0 Å². The van der Waals surface area contributed by atoms with Crippen molar-refractivity contribution in [2.45, 2.75) is 5.41 Å². The Morgan fingerprint density at radius 2 is 1.05 bits per heavy atom. The zero-order valence-electron chi connectivity index (χ0n) is 29.6. The summed E-state index contributed by atoms with van der Waals surface area (Å²) >= 11 is 0. The lowest BCUT2D eigenvalue weighted by molar-refractivity contribution is 0.436. The molecule has 1 spiro atoms. The van der Waals surface area contributed by atoms with Gasteiger partial charge in [-0.2, -0.15) is 0 Å². The lowest BCUT2D eigenvalue weighted by Crippen LogP contribution is -2.32. The Labute approximate surface area is 317 Å². The van der Waals surface area contributed by atoms with Crippen LogP contribution in [0.1, 0.15) is 22.3 Å². The van der Waals surface area contributed by atoms with Crippen LogP contribution in [-0.4, -0.2) is 14.5 Å². The lowest BCUT2D eigenvalue weighted by Gasteiger charge is -2.39. The van der Waals surface area contributed by atoms with Gasteiger partial charge in [0.15, 0.2) is 5.82 Å². The van der Waals surface area contributed by atoms with Crippen LogP contribution in [0.2, 0.25) is 0 Å². The maximum absolute atomic E-state index is 6.61. The van der Waals surface area contributed by atoms with Crippen LogP contribution in [0.15, 0.2) is 188 Å². The van der Waals surface area contributed by atoms with Crippen molar-refractivity contribution >= 4 is 32.7 Å². The van der Waals surface area contributed by atoms with E-state index in [2.05, 4.69) is 174 Å². The molecule has 12 rings (SSSR count). The molecule has 256 valence electrons. The molecule has 55 heavy (non-hydrogen) atoms. The van der Waals surface area contributed by atoms with E-state index in [4.69, 9.17) is 14.7 Å². The van der Waals surface area contributed by atoms with Gasteiger partial charge in [0.2, 0.25) is 0 Å². The summed E-state index contributed by atoms with van der Waals surface area (Å²) in [6.45, 7) is 0. The number of rotatable bonds is 3. The first-order valence-corrected chi connectivity index (χ1v) is 18.7. The third-order valence-electron chi connectivity index (χ3n) is 11.7. The highest BCUT2D eigenvalue weighted by Gasteiger charge is 2.51. The van der Waals surface area contributed by atoms with Crippen molar-refractivity contribution in [1.82, 2.24) is 14.5 Å². The smallest absolute Gasteiger partial charge is 0.160 e. The normalized spacial score (nSPS) is 13.4. The molecule has 4 heteroatoms. The van der Waals surface area contributed by atoms with Gasteiger partial charge in [-0.15, -0.1) is 0 Å². The van der Waals surface area contributed by atoms with Crippen molar-refractivity contribution in [3.63, 3.8) is 0 Å². The van der Waals surface area contributed by atoms with E-state index < -0.39 is 5.41 Å². The Hall–Kier alpha value is -7.30. The molecule has 3 heterocycles. The average Bonchev–Trinajstić information content (AvgIpc) is 3.73. The van der Waals surface area contributed by atoms with Crippen LogP contribution in [0.3, 0.4) is 0 Å². The molecule has 0 N–H and O–H groups in total. The standard InChI is InChI=1S/C51H31N3O/c1-2-14-32(15-3-1)49-37-18-5-10-22-44(37)52-50(53-49)33-26-28-34(29-27-33)54-45-23-11-6-17-36(45)39-30-38-35-16-4-7-19-40(35)51(43(38)31-46(39)54)41-20-8-12-24-47(41)55-48-25-13-9-21-42(48)51/h1-31H. The molecular formula is C51H31N3O. The highest BCUT2D eigenvalue weighted by molar-refractivity contribution is 6.12. The number of fused-ring (bicyclic) bond motifs is 13. The molecule has 1 aliphatic carbocycles. The van der Waals surface area contributed by atoms with Crippen LogP contribution in [0.4, 0.5) is 0 Å². The van der Waals surface area contributed by atoms with E-state index in [0.29, 0.717) is 5.82 Å². The monoisotopic (exact) mass is 701 g/mol. The Morgan fingerprint density at radius 1 is 0.418 bits per heavy atom. The van der Waals surface area contributed by atoms with Gasteiger partial charge in [-0.3, -0.25) is 0 Å². The molecule has 8 aromatic carbocycles. The molecule has 0 bridgehead atoms. The van der Waals surface area contributed by atoms with Crippen molar-refractivity contribution in [2.24, 2.45) is 0 Å². The molecule has 0 fully saturated rings. The molecule has 2 aliphatic rings. The molecule has 0 saturated carbocycles. The molecule has 0 unspecified atom stereocenters. The number of nitrogens with zero attached hydrogens (tertiary/aromatic N) is 3. The van der Waals surface area contributed by atoms with Crippen molar-refractivity contribution < 1.29 is 4.74 Å². The van der Waals surface area contributed by atoms with Crippen LogP contribution in [0.25, 0.3) is 72.2 Å². The quantitative estimate of drug-likeness (QED) is 0.184. The largest absolute Gasteiger partial charge is 0.457 e. The molecule has 2 aromatic heterocycles. The minimum Gasteiger partial charge on any atom is -0.457 e. The summed E-state index contributed by atoms with van der Waals surface area (Å²) in [5.41, 5.74) is 14.2. The highest BCUT2D eigenvalue weighted by atomic mass is 16.5. The Morgan fingerprint density at radius 3 is 1.84 bits per heavy atom. The predicted molar refractivity (Wildman–Crippen MR) is 222 cm³/mol. The van der Waals surface area contributed by atoms with Gasteiger partial charge in [0, 0.05) is 44.1 Å². The fourth-order valence-electron chi connectivity index (χ4n) is 9.37. The first-order valence-electron chi connectivity index (χ1n) is 18.7. The number of benzene rings is 8. The van der Waals surface area contributed by atoms with Gasteiger partial charge in [0.1, 0.15) is 11.5 Å². The predicted octanol–water partition coefficient (Wildman–Crippen LogP) is 12.5. The third kappa shape index (κ3) is 4.16. The zero-order chi connectivity index (χ0) is 36.1. The van der Waals surface area contributed by atoms with E-state index in [1.54, 1.807) is 0 Å². The fourth-order valence-corrected chi connectivity index (χ4v) is 9.37. The second-order valence-electron chi connectivity index (χ2n) is 14.5. The second kappa shape index (κ2) is 11.3. The van der Waals surface area contributed by atoms with Crippen LogP contribution in [0, 0.1) is 0 Å². The molecule has 0 amide bonds. The summed E-state index contributed by atoms with van der Waals surface area (Å²) in [6, 6.07) is 67.0. The van der Waals surface area contributed by atoms with E-state index in [0.717, 1.165) is 67.1 Å². The van der Waals surface area contributed by atoms with Gasteiger partial charge in [-0.1, -0.05) is 127 Å². The molecule has 1 aliphatic heterocycles. The van der Waals surface area contributed by atoms with Crippen molar-refractivity contribution in [2.75, 3.05) is 0 Å². The second-order valence-corrected chi connectivity index (χ2v) is 14.5. The summed E-state index contributed by atoms with van der Waals surface area (Å²) < 4.78 is 9.03. The van der Waals surface area contributed by atoms with Gasteiger partial charge in [-0.05, 0) is 82.9 Å². The van der Waals surface area contributed by atoms with Gasteiger partial charge >= 0.3 is 0 Å². The Kier molecular flexibility index (Phi) is 6.23. The molecule has 0 saturated heterocycles. The molecule has 10 aromatic rings. The lowest BCUT2D eigenvalue weighted by atomic mass is 9.66. The minimum atomic E-state index is -0.541. The van der Waals surface area contributed by atoms with E-state index in [-0.39, 0.29) is 0 Å². The summed E-state index contributed by atoms with van der Waals surface area (Å²) in [5.74, 6) is 2.50. The van der Waals surface area contributed by atoms with E-state index >= 15 is 0 Å². The number of hydrogen-bond acceptors (Lipinski definition) is 3. The first kappa shape index (κ1) is 30.2. The number of ether oxygens (including phenoxy) is 1. The summed E-state index contributed by atoms with van der Waals surface area (Å²) in [4.78, 5) is 10.2. The maximum Gasteiger partial charge on any atom is 0.160 e. The third-order valence-corrected chi connectivity index (χ3v) is 11.7. The van der Waals surface area contributed by atoms with Crippen LogP contribution in [-0.2, 0) is 5.41 Å². The minimum absolute atomic E-state index is 0.541. The zero-order valence-corrected chi connectivity index (χ0v) is 29.6. The average molecular weight is 702 g/mol. The van der Waals surface area contributed by atoms with Gasteiger partial charge in [-0.25, -0.2) is 9.97 Å². The topological polar surface area (TPSA) is 39.9 Å². The van der Waals surface area contributed by atoms with E-state index in [1.807, 2.05) is 18.2 Å². The van der Waals surface area contributed by atoms with Crippen molar-refractivity contribution in [3.05, 3.63) is 210 Å². The molecular weight excluding hydrogens is 671 g/mol. The van der Waals surface area contributed by atoms with Gasteiger partial charge < -0.3 is 9.30 Å².